The number of H-pyrrole nitrogens is 2. The van der Waals surface area contributed by atoms with Crippen LogP contribution in [0, 0.1) is 0 Å². The Hall–Kier alpha value is -6.04. The maximum absolute atomic E-state index is 12.9. The number of imidazole rings is 2. The van der Waals surface area contributed by atoms with Crippen LogP contribution in [0.2, 0.25) is 0 Å². The zero-order chi connectivity index (χ0) is 41.0. The second-order valence-corrected chi connectivity index (χ2v) is 15.6. The minimum Gasteiger partial charge on any atom is -0.341 e. The Morgan fingerprint density at radius 3 is 1.59 bits per heavy atom. The highest BCUT2D eigenvalue weighted by atomic mass is 79.9. The van der Waals surface area contributed by atoms with Crippen LogP contribution in [-0.4, -0.2) is 90.6 Å². The molecule has 0 bridgehead atoms. The summed E-state index contributed by atoms with van der Waals surface area (Å²) in [6.07, 6.45) is 1.98. The highest BCUT2D eigenvalue weighted by Crippen LogP contribution is 2.28. The van der Waals surface area contributed by atoms with Crippen molar-refractivity contribution in [3.8, 4) is 11.1 Å². The summed E-state index contributed by atoms with van der Waals surface area (Å²) >= 11 is 3.59. The molecule has 0 saturated carbocycles. The lowest BCUT2D eigenvalue weighted by Crippen LogP contribution is -2.31. The van der Waals surface area contributed by atoms with Gasteiger partial charge < -0.3 is 20.4 Å². The molecule has 17 heteroatoms. The van der Waals surface area contributed by atoms with Gasteiger partial charge in [0.1, 0.15) is 0 Å². The van der Waals surface area contributed by atoms with E-state index < -0.39 is 22.5 Å². The van der Waals surface area contributed by atoms with E-state index in [2.05, 4.69) is 70.6 Å². The lowest BCUT2D eigenvalue weighted by Gasteiger charge is -2.23. The number of anilines is 2. The molecular formula is C42H47BrN12O4. The Labute approximate surface area is 347 Å². The third kappa shape index (κ3) is 8.17. The molecule has 2 saturated heterocycles. The van der Waals surface area contributed by atoms with Gasteiger partial charge in [-0.1, -0.05) is 88.7 Å². The van der Waals surface area contributed by atoms with E-state index in [1.807, 2.05) is 63.7 Å². The number of rotatable bonds is 7. The molecule has 0 unspecified atom stereocenters. The van der Waals surface area contributed by atoms with Gasteiger partial charge in [-0.25, -0.2) is 9.59 Å². The standard InChI is InChI=1S/C24H26N6O2.C18H21BrN6O2/c1-28-21-20(22(31)27-24(28)32)30(23(26-21)29-14-7-12-25-13-15-29)16-18-10-5-6-11-19(18)17-8-3-2-4-9-17;1-23-15-14(16(26)22-18(23)27)25(11-12-5-2-3-6-13(12)19)17(21-15)24-9-4-7-20-8-10-24/h2-6,8-11,25H,7,12-16H2,1H3,(H,27,31,32);2-3,5-6,20H,4,7-11H2,1H3,(H,22,26,27). The molecular weight excluding hydrogens is 816 g/mol. The Balaban J connectivity index is 0.000000167. The Morgan fingerprint density at radius 1 is 0.576 bits per heavy atom. The molecule has 4 N–H and O–H groups in total. The lowest BCUT2D eigenvalue weighted by atomic mass is 10.00. The van der Waals surface area contributed by atoms with E-state index in [0.717, 1.165) is 104 Å². The third-order valence-electron chi connectivity index (χ3n) is 10.9. The van der Waals surface area contributed by atoms with E-state index in [-0.39, 0.29) is 0 Å². The lowest BCUT2D eigenvalue weighted by molar-refractivity contribution is 0.721. The molecule has 0 spiro atoms. The topological polar surface area (TPSA) is 176 Å². The second kappa shape index (κ2) is 17.4. The second-order valence-electron chi connectivity index (χ2n) is 14.8. The van der Waals surface area contributed by atoms with E-state index in [1.54, 1.807) is 14.1 Å². The number of halogens is 1. The van der Waals surface area contributed by atoms with Gasteiger partial charge in [-0.3, -0.25) is 37.8 Å². The minimum absolute atomic E-state index is 0.406. The summed E-state index contributed by atoms with van der Waals surface area (Å²) in [6, 6.07) is 26.3. The molecule has 4 aromatic heterocycles. The first-order chi connectivity index (χ1) is 28.7. The number of fused-ring (bicyclic) bond motifs is 2. The largest absolute Gasteiger partial charge is 0.341 e. The summed E-state index contributed by atoms with van der Waals surface area (Å²) in [4.78, 5) is 68.6. The van der Waals surface area contributed by atoms with Crippen molar-refractivity contribution < 1.29 is 0 Å². The van der Waals surface area contributed by atoms with Gasteiger partial charge in [-0.2, -0.15) is 9.97 Å². The number of aromatic nitrogens is 8. The summed E-state index contributed by atoms with van der Waals surface area (Å²) in [5.41, 5.74) is 4.27. The summed E-state index contributed by atoms with van der Waals surface area (Å²) in [5.74, 6) is 1.44. The van der Waals surface area contributed by atoms with Crippen molar-refractivity contribution in [2.24, 2.45) is 14.1 Å². The molecule has 9 rings (SSSR count). The maximum Gasteiger partial charge on any atom is 0.329 e. The predicted molar refractivity (Wildman–Crippen MR) is 235 cm³/mol. The van der Waals surface area contributed by atoms with Crippen molar-refractivity contribution in [3.05, 3.63) is 136 Å². The quantitative estimate of drug-likeness (QED) is 0.187. The van der Waals surface area contributed by atoms with Crippen molar-refractivity contribution in [1.82, 2.24) is 48.8 Å². The van der Waals surface area contributed by atoms with Crippen molar-refractivity contribution >= 4 is 50.2 Å². The Morgan fingerprint density at radius 2 is 1.05 bits per heavy atom. The molecule has 306 valence electrons. The minimum atomic E-state index is -0.457. The molecule has 2 aliphatic rings. The molecule has 16 nitrogen and oxygen atoms in total. The smallest absolute Gasteiger partial charge is 0.329 e. The van der Waals surface area contributed by atoms with E-state index >= 15 is 0 Å². The molecule has 0 aliphatic carbocycles. The summed E-state index contributed by atoms with van der Waals surface area (Å²) in [6.45, 7) is 7.83. The van der Waals surface area contributed by atoms with Crippen LogP contribution >= 0.6 is 15.9 Å². The maximum atomic E-state index is 12.9. The van der Waals surface area contributed by atoms with Crippen LogP contribution in [0.1, 0.15) is 24.0 Å². The van der Waals surface area contributed by atoms with Gasteiger partial charge in [0, 0.05) is 57.8 Å². The van der Waals surface area contributed by atoms with Gasteiger partial charge in [0.25, 0.3) is 11.1 Å². The molecule has 2 fully saturated rings. The number of aromatic amines is 2. The Bertz CT molecular complexity index is 2840. The Kier molecular flexibility index (Phi) is 11.8. The molecule has 0 atom stereocenters. The van der Waals surface area contributed by atoms with E-state index in [9.17, 15) is 19.2 Å². The van der Waals surface area contributed by atoms with E-state index in [0.29, 0.717) is 35.4 Å². The average Bonchev–Trinajstić information content (AvgIpc) is 3.51. The van der Waals surface area contributed by atoms with Crippen LogP contribution in [0.25, 0.3) is 33.5 Å². The van der Waals surface area contributed by atoms with Crippen molar-refractivity contribution in [2.75, 3.05) is 62.2 Å². The van der Waals surface area contributed by atoms with Gasteiger partial charge in [0.05, 0.1) is 13.1 Å². The van der Waals surface area contributed by atoms with Gasteiger partial charge >= 0.3 is 11.4 Å². The molecule has 0 radical (unpaired) electrons. The normalized spacial score (nSPS) is 14.9. The number of aryl methyl sites for hydroxylation is 2. The molecule has 6 heterocycles. The summed E-state index contributed by atoms with van der Waals surface area (Å²) in [5, 5.41) is 6.79. The fourth-order valence-electron chi connectivity index (χ4n) is 7.84. The van der Waals surface area contributed by atoms with Gasteiger partial charge in [0.15, 0.2) is 22.3 Å². The van der Waals surface area contributed by atoms with Crippen LogP contribution in [0.3, 0.4) is 0 Å². The van der Waals surface area contributed by atoms with Crippen LogP contribution in [-0.2, 0) is 27.2 Å². The zero-order valence-corrected chi connectivity index (χ0v) is 34.7. The monoisotopic (exact) mass is 862 g/mol. The summed E-state index contributed by atoms with van der Waals surface area (Å²) < 4.78 is 7.65. The number of hydrogen-bond acceptors (Lipinski definition) is 10. The summed E-state index contributed by atoms with van der Waals surface area (Å²) in [7, 11) is 3.27. The highest BCUT2D eigenvalue weighted by molar-refractivity contribution is 9.10. The molecule has 59 heavy (non-hydrogen) atoms. The van der Waals surface area contributed by atoms with Crippen molar-refractivity contribution in [2.45, 2.75) is 25.9 Å². The van der Waals surface area contributed by atoms with E-state index in [1.165, 1.54) is 9.13 Å². The third-order valence-corrected chi connectivity index (χ3v) is 11.7. The van der Waals surface area contributed by atoms with Gasteiger partial charge in [-0.05, 0) is 54.3 Å². The number of benzene rings is 3. The van der Waals surface area contributed by atoms with Crippen molar-refractivity contribution in [3.63, 3.8) is 0 Å². The van der Waals surface area contributed by atoms with Crippen LogP contribution in [0.15, 0.2) is 103 Å². The molecule has 0 amide bonds. The molecule has 3 aromatic carbocycles. The highest BCUT2D eigenvalue weighted by Gasteiger charge is 2.25. The number of nitrogens with zero attached hydrogens (tertiary/aromatic N) is 8. The van der Waals surface area contributed by atoms with E-state index in [4.69, 9.17) is 9.97 Å². The fraction of sp³-hybridized carbons (Fsp3) is 0.333. The molecule has 2 aliphatic heterocycles. The molecule has 7 aromatic rings. The first-order valence-electron chi connectivity index (χ1n) is 19.9. The average molecular weight is 864 g/mol. The van der Waals surface area contributed by atoms with Gasteiger partial charge in [0.2, 0.25) is 11.9 Å². The SMILES string of the molecule is Cn1c(=O)[nH]c(=O)c2c1nc(N1CCCNCC1)n2Cc1ccccc1-c1ccccc1.Cn1c(=O)[nH]c(=O)c2c1nc(N1CCCNCC1)n2Cc1ccccc1Br. The van der Waals surface area contributed by atoms with Crippen molar-refractivity contribution in [1.29, 1.82) is 0 Å². The van der Waals surface area contributed by atoms with Crippen LogP contribution < -0.4 is 42.9 Å². The van der Waals surface area contributed by atoms with Crippen LogP contribution in [0.5, 0.6) is 0 Å². The van der Waals surface area contributed by atoms with Gasteiger partial charge in [-0.15, -0.1) is 0 Å². The zero-order valence-electron chi connectivity index (χ0n) is 33.1. The first kappa shape index (κ1) is 39.8. The first-order valence-corrected chi connectivity index (χ1v) is 20.7. The predicted octanol–water partition coefficient (Wildman–Crippen LogP) is 2.97. The van der Waals surface area contributed by atoms with Crippen LogP contribution in [0.4, 0.5) is 11.9 Å². The number of hydrogen-bond donors (Lipinski definition) is 4. The number of nitrogens with one attached hydrogen (secondary N) is 4. The fourth-order valence-corrected chi connectivity index (χ4v) is 8.25.